The molecule has 1 fully saturated rings. The van der Waals surface area contributed by atoms with Gasteiger partial charge in [-0.3, -0.25) is 14.4 Å². The van der Waals surface area contributed by atoms with Crippen LogP contribution in [-0.2, 0) is 14.3 Å². The first kappa shape index (κ1) is 17.1. The number of nitrogens with zero attached hydrogens (tertiary/aromatic N) is 1. The summed E-state index contributed by atoms with van der Waals surface area (Å²) in [7, 11) is 1.59. The lowest BCUT2D eigenvalue weighted by Gasteiger charge is -2.23. The van der Waals surface area contributed by atoms with Gasteiger partial charge in [0.05, 0.1) is 18.6 Å². The van der Waals surface area contributed by atoms with E-state index in [1.807, 2.05) is 6.92 Å². The highest BCUT2D eigenvalue weighted by Gasteiger charge is 2.36. The van der Waals surface area contributed by atoms with Crippen molar-refractivity contribution in [1.29, 1.82) is 0 Å². The first-order valence-corrected chi connectivity index (χ1v) is 7.62. The topological polar surface area (TPSA) is 75.7 Å². The molecule has 1 aromatic rings. The van der Waals surface area contributed by atoms with Gasteiger partial charge >= 0.3 is 0 Å². The molecule has 0 aliphatic carbocycles. The molecule has 1 saturated heterocycles. The summed E-state index contributed by atoms with van der Waals surface area (Å²) in [6.07, 6.45) is 0.214. The number of amides is 2. The summed E-state index contributed by atoms with van der Waals surface area (Å²) in [4.78, 5) is 37.3. The number of Topliss-reactive ketones (excluding diaryl/α,β-unsaturated/α-hetero) is 1. The van der Waals surface area contributed by atoms with Gasteiger partial charge in [-0.1, -0.05) is 0 Å². The van der Waals surface area contributed by atoms with Gasteiger partial charge in [0.25, 0.3) is 0 Å². The molecule has 2 atom stereocenters. The van der Waals surface area contributed by atoms with E-state index in [-0.39, 0.29) is 36.0 Å². The fourth-order valence-corrected chi connectivity index (χ4v) is 2.70. The van der Waals surface area contributed by atoms with Crippen molar-refractivity contribution in [3.05, 3.63) is 29.8 Å². The molecule has 0 radical (unpaired) electrons. The molecule has 1 aliphatic rings. The van der Waals surface area contributed by atoms with Crippen molar-refractivity contribution < 1.29 is 19.1 Å². The summed E-state index contributed by atoms with van der Waals surface area (Å²) in [5, 5.41) is 2.80. The van der Waals surface area contributed by atoms with Crippen molar-refractivity contribution in [2.75, 3.05) is 25.6 Å². The molecule has 0 unspecified atom stereocenters. The van der Waals surface area contributed by atoms with E-state index < -0.39 is 0 Å². The number of hydrogen-bond acceptors (Lipinski definition) is 4. The van der Waals surface area contributed by atoms with Gasteiger partial charge in [-0.2, -0.15) is 0 Å². The standard InChI is InChI=1S/C17H22N2O4/c1-11(10-23-3)19-9-14(8-16(19)21)17(22)18-15-6-4-13(5-7-15)12(2)20/h4-7,11,14H,8-10H2,1-3H3,(H,18,22)/t11-,14-/m1/s1. The molecule has 0 bridgehead atoms. The molecule has 1 aliphatic heterocycles. The first-order valence-electron chi connectivity index (χ1n) is 7.62. The molecule has 23 heavy (non-hydrogen) atoms. The van der Waals surface area contributed by atoms with Crippen molar-refractivity contribution in [2.45, 2.75) is 26.3 Å². The highest BCUT2D eigenvalue weighted by atomic mass is 16.5. The zero-order valence-corrected chi connectivity index (χ0v) is 13.7. The molecule has 2 amide bonds. The van der Waals surface area contributed by atoms with Crippen LogP contribution in [0.1, 0.15) is 30.6 Å². The number of ketones is 1. The highest BCUT2D eigenvalue weighted by molar-refractivity contribution is 5.98. The number of rotatable bonds is 6. The molecule has 0 saturated carbocycles. The van der Waals surface area contributed by atoms with Crippen molar-refractivity contribution in [2.24, 2.45) is 5.92 Å². The van der Waals surface area contributed by atoms with E-state index in [0.717, 1.165) is 0 Å². The minimum absolute atomic E-state index is 0.0213. The van der Waals surface area contributed by atoms with E-state index in [2.05, 4.69) is 5.32 Å². The Morgan fingerprint density at radius 2 is 2.00 bits per heavy atom. The zero-order chi connectivity index (χ0) is 17.0. The maximum absolute atomic E-state index is 12.3. The minimum Gasteiger partial charge on any atom is -0.383 e. The lowest BCUT2D eigenvalue weighted by molar-refractivity contribution is -0.130. The van der Waals surface area contributed by atoms with E-state index in [1.54, 1.807) is 36.3 Å². The quantitative estimate of drug-likeness (QED) is 0.810. The summed E-state index contributed by atoms with van der Waals surface area (Å²) in [5.74, 6) is -0.594. The van der Waals surface area contributed by atoms with Gasteiger partial charge < -0.3 is 15.0 Å². The zero-order valence-electron chi connectivity index (χ0n) is 13.7. The number of carbonyl (C=O) groups is 3. The van der Waals surface area contributed by atoms with Crippen LogP contribution in [0.15, 0.2) is 24.3 Å². The maximum atomic E-state index is 12.3. The van der Waals surface area contributed by atoms with Crippen LogP contribution >= 0.6 is 0 Å². The molecule has 124 valence electrons. The Balaban J connectivity index is 1.96. The predicted octanol–water partition coefficient (Wildman–Crippen LogP) is 1.71. The van der Waals surface area contributed by atoms with Crippen molar-refractivity contribution in [1.82, 2.24) is 4.90 Å². The van der Waals surface area contributed by atoms with Crippen LogP contribution in [0.3, 0.4) is 0 Å². The smallest absolute Gasteiger partial charge is 0.229 e. The molecule has 2 rings (SSSR count). The van der Waals surface area contributed by atoms with Gasteiger partial charge in [-0.05, 0) is 38.1 Å². The number of anilines is 1. The second-order valence-electron chi connectivity index (χ2n) is 5.87. The normalized spacial score (nSPS) is 18.8. The summed E-state index contributed by atoms with van der Waals surface area (Å²) in [5.41, 5.74) is 1.22. The third-order valence-corrected chi connectivity index (χ3v) is 4.03. The number of ether oxygens (including phenoxy) is 1. The van der Waals surface area contributed by atoms with Gasteiger partial charge in [-0.15, -0.1) is 0 Å². The molecular formula is C17H22N2O4. The van der Waals surface area contributed by atoms with Crippen LogP contribution in [-0.4, -0.2) is 48.8 Å². The Labute approximate surface area is 135 Å². The predicted molar refractivity (Wildman–Crippen MR) is 86.2 cm³/mol. The third-order valence-electron chi connectivity index (χ3n) is 4.03. The lowest BCUT2D eigenvalue weighted by atomic mass is 10.1. The molecule has 6 heteroatoms. The number of methoxy groups -OCH3 is 1. The molecule has 0 aromatic heterocycles. The number of carbonyl (C=O) groups excluding carboxylic acids is 3. The van der Waals surface area contributed by atoms with Gasteiger partial charge in [0.1, 0.15) is 0 Å². The summed E-state index contributed by atoms with van der Waals surface area (Å²) in [6, 6.07) is 6.68. The molecule has 1 aromatic carbocycles. The number of likely N-dealkylation sites (tertiary alicyclic amines) is 1. The van der Waals surface area contributed by atoms with Gasteiger partial charge in [0.2, 0.25) is 11.8 Å². The number of benzene rings is 1. The van der Waals surface area contributed by atoms with Gasteiger partial charge in [0, 0.05) is 31.3 Å². The summed E-state index contributed by atoms with van der Waals surface area (Å²) >= 11 is 0. The van der Waals surface area contributed by atoms with Crippen LogP contribution in [0, 0.1) is 5.92 Å². The molecule has 1 N–H and O–H groups in total. The number of hydrogen-bond donors (Lipinski definition) is 1. The second kappa shape index (κ2) is 7.37. The summed E-state index contributed by atoms with van der Waals surface area (Å²) in [6.45, 7) is 4.25. The summed E-state index contributed by atoms with van der Waals surface area (Å²) < 4.78 is 5.06. The van der Waals surface area contributed by atoms with Crippen molar-refractivity contribution in [3.63, 3.8) is 0 Å². The van der Waals surface area contributed by atoms with Gasteiger partial charge in [0.15, 0.2) is 5.78 Å². The fraction of sp³-hybridized carbons (Fsp3) is 0.471. The number of nitrogens with one attached hydrogen (secondary N) is 1. The van der Waals surface area contributed by atoms with Crippen LogP contribution in [0.2, 0.25) is 0 Å². The average molecular weight is 318 g/mol. The van der Waals surface area contributed by atoms with Crippen molar-refractivity contribution in [3.8, 4) is 0 Å². The van der Waals surface area contributed by atoms with E-state index in [4.69, 9.17) is 4.74 Å². The monoisotopic (exact) mass is 318 g/mol. The van der Waals surface area contributed by atoms with E-state index in [9.17, 15) is 14.4 Å². The molecule has 6 nitrogen and oxygen atoms in total. The van der Waals surface area contributed by atoms with E-state index in [0.29, 0.717) is 24.4 Å². The van der Waals surface area contributed by atoms with Crippen LogP contribution < -0.4 is 5.32 Å². The molecule has 1 heterocycles. The molecular weight excluding hydrogens is 296 g/mol. The Morgan fingerprint density at radius 1 is 1.35 bits per heavy atom. The SMILES string of the molecule is COC[C@@H](C)N1C[C@H](C(=O)Nc2ccc(C(C)=O)cc2)CC1=O. The van der Waals surface area contributed by atoms with Crippen LogP contribution in [0.4, 0.5) is 5.69 Å². The Bertz CT molecular complexity index is 597. The van der Waals surface area contributed by atoms with Gasteiger partial charge in [-0.25, -0.2) is 0 Å². The second-order valence-corrected chi connectivity index (χ2v) is 5.87. The van der Waals surface area contributed by atoms with E-state index >= 15 is 0 Å². The first-order chi connectivity index (χ1) is 10.9. The Morgan fingerprint density at radius 3 is 2.57 bits per heavy atom. The van der Waals surface area contributed by atoms with Crippen molar-refractivity contribution >= 4 is 23.3 Å². The highest BCUT2D eigenvalue weighted by Crippen LogP contribution is 2.22. The van der Waals surface area contributed by atoms with Crippen LogP contribution in [0.25, 0.3) is 0 Å². The Kier molecular flexibility index (Phi) is 5.50. The molecule has 0 spiro atoms. The Hall–Kier alpha value is -2.21. The average Bonchev–Trinajstić information content (AvgIpc) is 2.90. The minimum atomic E-state index is -0.366. The van der Waals surface area contributed by atoms with Crippen LogP contribution in [0.5, 0.6) is 0 Å². The largest absolute Gasteiger partial charge is 0.383 e. The lowest BCUT2D eigenvalue weighted by Crippen LogP contribution is -2.38. The fourth-order valence-electron chi connectivity index (χ4n) is 2.70. The maximum Gasteiger partial charge on any atom is 0.229 e. The van der Waals surface area contributed by atoms with E-state index in [1.165, 1.54) is 6.92 Å². The third kappa shape index (κ3) is 4.16.